The largest absolute Gasteiger partial charge is 0.396 e. The molecule has 0 aliphatic carbocycles. The van der Waals surface area contributed by atoms with Crippen molar-refractivity contribution in [3.8, 4) is 0 Å². The van der Waals surface area contributed by atoms with E-state index in [-0.39, 0.29) is 12.3 Å². The molecule has 0 aliphatic heterocycles. The second-order valence-corrected chi connectivity index (χ2v) is 4.54. The average molecular weight is 222 g/mol. The van der Waals surface area contributed by atoms with E-state index in [9.17, 15) is 4.79 Å². The van der Waals surface area contributed by atoms with Crippen molar-refractivity contribution in [2.45, 2.75) is 32.7 Å². The van der Waals surface area contributed by atoms with Crippen LogP contribution in [0, 0.1) is 6.92 Å². The zero-order valence-corrected chi connectivity index (χ0v) is 9.87. The van der Waals surface area contributed by atoms with E-state index < -0.39 is 5.54 Å². The van der Waals surface area contributed by atoms with Gasteiger partial charge < -0.3 is 16.8 Å². The molecule has 0 atom stereocenters. The molecule has 0 aliphatic rings. The summed E-state index contributed by atoms with van der Waals surface area (Å²) in [5, 5.41) is 3.12. The van der Waals surface area contributed by atoms with E-state index in [1.54, 1.807) is 6.20 Å². The van der Waals surface area contributed by atoms with E-state index in [0.29, 0.717) is 11.5 Å². The van der Waals surface area contributed by atoms with E-state index in [1.165, 1.54) is 0 Å². The number of nitrogen functional groups attached to an aromatic ring is 1. The lowest BCUT2D eigenvalue weighted by atomic mass is 10.00. The minimum absolute atomic E-state index is 0.224. The second-order valence-electron chi connectivity index (χ2n) is 4.54. The number of rotatable bonds is 4. The first-order valence-electron chi connectivity index (χ1n) is 5.09. The normalized spacial score (nSPS) is 11.2. The Balaban J connectivity index is 2.87. The van der Waals surface area contributed by atoms with Gasteiger partial charge in [-0.3, -0.25) is 4.79 Å². The van der Waals surface area contributed by atoms with Gasteiger partial charge in [0.2, 0.25) is 5.91 Å². The number of aryl methyl sites for hydroxylation is 1. The van der Waals surface area contributed by atoms with Gasteiger partial charge in [-0.25, -0.2) is 4.98 Å². The quantitative estimate of drug-likeness (QED) is 0.709. The van der Waals surface area contributed by atoms with E-state index >= 15 is 0 Å². The molecule has 0 radical (unpaired) electrons. The lowest BCUT2D eigenvalue weighted by Crippen LogP contribution is -2.36. The van der Waals surface area contributed by atoms with Gasteiger partial charge in [0.05, 0.1) is 5.69 Å². The molecule has 0 saturated carbocycles. The average Bonchev–Trinajstić information content (AvgIpc) is 2.10. The molecule has 0 aromatic carbocycles. The number of pyridine rings is 1. The van der Waals surface area contributed by atoms with E-state index in [0.717, 1.165) is 5.56 Å². The summed E-state index contributed by atoms with van der Waals surface area (Å²) in [4.78, 5) is 15.0. The summed E-state index contributed by atoms with van der Waals surface area (Å²) in [5.41, 5.74) is 12.1. The molecule has 16 heavy (non-hydrogen) atoms. The highest BCUT2D eigenvalue weighted by Gasteiger charge is 2.21. The summed E-state index contributed by atoms with van der Waals surface area (Å²) in [6.45, 7) is 5.66. The van der Waals surface area contributed by atoms with Gasteiger partial charge in [-0.05, 0) is 32.4 Å². The molecule has 0 fully saturated rings. The predicted octanol–water partition coefficient (Wildman–Crippen LogP) is 1.04. The van der Waals surface area contributed by atoms with Crippen molar-refractivity contribution in [3.05, 3.63) is 17.8 Å². The Morgan fingerprint density at radius 2 is 2.19 bits per heavy atom. The smallest absolute Gasteiger partial charge is 0.219 e. The lowest BCUT2D eigenvalue weighted by Gasteiger charge is -2.26. The maximum Gasteiger partial charge on any atom is 0.219 e. The third-order valence-corrected chi connectivity index (χ3v) is 2.28. The summed E-state index contributed by atoms with van der Waals surface area (Å²) in [7, 11) is 0. The van der Waals surface area contributed by atoms with Gasteiger partial charge in [-0.2, -0.15) is 0 Å². The van der Waals surface area contributed by atoms with Crippen molar-refractivity contribution in [2.75, 3.05) is 11.1 Å². The molecule has 5 N–H and O–H groups in total. The van der Waals surface area contributed by atoms with Crippen molar-refractivity contribution >= 4 is 17.4 Å². The number of nitrogens with zero attached hydrogens (tertiary/aromatic N) is 1. The maximum absolute atomic E-state index is 10.9. The molecule has 1 aromatic rings. The summed E-state index contributed by atoms with van der Waals surface area (Å²) in [6.07, 6.45) is 1.90. The van der Waals surface area contributed by atoms with E-state index in [4.69, 9.17) is 11.5 Å². The highest BCUT2D eigenvalue weighted by Crippen LogP contribution is 2.23. The fraction of sp³-hybridized carbons (Fsp3) is 0.455. The molecule has 0 saturated heterocycles. The highest BCUT2D eigenvalue weighted by molar-refractivity contribution is 5.76. The maximum atomic E-state index is 10.9. The van der Waals surface area contributed by atoms with Crippen LogP contribution >= 0.6 is 0 Å². The molecule has 88 valence electrons. The van der Waals surface area contributed by atoms with E-state index in [1.807, 2.05) is 26.8 Å². The van der Waals surface area contributed by atoms with Crippen LogP contribution in [0.3, 0.4) is 0 Å². The number of aromatic nitrogens is 1. The molecular formula is C11H18N4O. The van der Waals surface area contributed by atoms with Gasteiger partial charge in [0.1, 0.15) is 5.82 Å². The van der Waals surface area contributed by atoms with Crippen LogP contribution in [0.4, 0.5) is 11.5 Å². The molecule has 5 nitrogen and oxygen atoms in total. The number of primary amides is 1. The molecule has 0 spiro atoms. The molecule has 1 rings (SSSR count). The number of nitrogens with one attached hydrogen (secondary N) is 1. The van der Waals surface area contributed by atoms with Crippen LogP contribution in [-0.4, -0.2) is 16.4 Å². The number of carbonyl (C=O) groups is 1. The molecule has 1 aromatic heterocycles. The van der Waals surface area contributed by atoms with Crippen molar-refractivity contribution in [3.63, 3.8) is 0 Å². The summed E-state index contributed by atoms with van der Waals surface area (Å²) >= 11 is 0. The topological polar surface area (TPSA) is 94.0 Å². The first-order valence-corrected chi connectivity index (χ1v) is 5.09. The SMILES string of the molecule is Cc1ccnc(NC(C)(C)CC(N)=O)c1N. The number of hydrogen-bond acceptors (Lipinski definition) is 4. The van der Waals surface area contributed by atoms with Crippen LogP contribution in [-0.2, 0) is 4.79 Å². The Morgan fingerprint density at radius 3 is 2.75 bits per heavy atom. The molecule has 5 heteroatoms. The fourth-order valence-corrected chi connectivity index (χ4v) is 1.47. The number of amides is 1. The van der Waals surface area contributed by atoms with Crippen molar-refractivity contribution in [1.82, 2.24) is 4.98 Å². The minimum atomic E-state index is -0.458. The Bertz CT molecular complexity index is 401. The summed E-state index contributed by atoms with van der Waals surface area (Å²) in [5.74, 6) is 0.231. The fourth-order valence-electron chi connectivity index (χ4n) is 1.47. The Labute approximate surface area is 95.2 Å². The first-order chi connectivity index (χ1) is 7.32. The van der Waals surface area contributed by atoms with Crippen LogP contribution in [0.5, 0.6) is 0 Å². The Kier molecular flexibility index (Phi) is 3.37. The molecule has 1 heterocycles. The molecule has 1 amide bonds. The van der Waals surface area contributed by atoms with Gasteiger partial charge in [-0.1, -0.05) is 0 Å². The third-order valence-electron chi connectivity index (χ3n) is 2.28. The highest BCUT2D eigenvalue weighted by atomic mass is 16.1. The first kappa shape index (κ1) is 12.3. The molecule has 0 bridgehead atoms. The summed E-state index contributed by atoms with van der Waals surface area (Å²) in [6, 6.07) is 1.83. The third kappa shape index (κ3) is 3.12. The van der Waals surface area contributed by atoms with Gasteiger partial charge in [-0.15, -0.1) is 0 Å². The van der Waals surface area contributed by atoms with Gasteiger partial charge in [0.15, 0.2) is 0 Å². The summed E-state index contributed by atoms with van der Waals surface area (Å²) < 4.78 is 0. The van der Waals surface area contributed by atoms with Gasteiger partial charge in [0.25, 0.3) is 0 Å². The standard InChI is InChI=1S/C11H18N4O/c1-7-4-5-14-10(9(7)13)15-11(2,3)6-8(12)16/h4-5H,6,13H2,1-3H3,(H2,12,16)(H,14,15). The lowest BCUT2D eigenvalue weighted by molar-refractivity contribution is -0.118. The molecular weight excluding hydrogens is 204 g/mol. The predicted molar refractivity (Wildman–Crippen MR) is 64.9 cm³/mol. The van der Waals surface area contributed by atoms with Crippen molar-refractivity contribution in [1.29, 1.82) is 0 Å². The van der Waals surface area contributed by atoms with Crippen LogP contribution in [0.1, 0.15) is 25.8 Å². The van der Waals surface area contributed by atoms with Crippen LogP contribution < -0.4 is 16.8 Å². The molecule has 0 unspecified atom stereocenters. The zero-order chi connectivity index (χ0) is 12.3. The Hall–Kier alpha value is -1.78. The second kappa shape index (κ2) is 4.38. The number of nitrogens with two attached hydrogens (primary N) is 2. The minimum Gasteiger partial charge on any atom is -0.396 e. The van der Waals surface area contributed by atoms with Crippen LogP contribution in [0.2, 0.25) is 0 Å². The van der Waals surface area contributed by atoms with Gasteiger partial charge >= 0.3 is 0 Å². The zero-order valence-electron chi connectivity index (χ0n) is 9.87. The monoisotopic (exact) mass is 222 g/mol. The number of hydrogen-bond donors (Lipinski definition) is 3. The van der Waals surface area contributed by atoms with Crippen molar-refractivity contribution < 1.29 is 4.79 Å². The van der Waals surface area contributed by atoms with Crippen molar-refractivity contribution in [2.24, 2.45) is 5.73 Å². The van der Waals surface area contributed by atoms with Crippen LogP contribution in [0.25, 0.3) is 0 Å². The van der Waals surface area contributed by atoms with Crippen LogP contribution in [0.15, 0.2) is 12.3 Å². The number of carbonyl (C=O) groups excluding carboxylic acids is 1. The number of anilines is 2. The van der Waals surface area contributed by atoms with E-state index in [2.05, 4.69) is 10.3 Å². The Morgan fingerprint density at radius 1 is 1.56 bits per heavy atom. The van der Waals surface area contributed by atoms with Gasteiger partial charge in [0, 0.05) is 18.2 Å².